The Labute approximate surface area is 197 Å². The summed E-state index contributed by atoms with van der Waals surface area (Å²) in [6, 6.07) is 33.4. The maximum absolute atomic E-state index is 11.5. The molecular weight excluding hydrogens is 455 g/mol. The molecule has 0 saturated heterocycles. The van der Waals surface area contributed by atoms with Crippen LogP contribution in [0.4, 0.5) is 0 Å². The first-order valence-corrected chi connectivity index (χ1v) is 14.5. The molecule has 3 aromatic carbocycles. The zero-order valence-electron chi connectivity index (χ0n) is 17.7. The molecule has 4 aromatic rings. The number of ether oxygens (including phenoxy) is 1. The zero-order chi connectivity index (χ0) is 22.5. The van der Waals surface area contributed by atoms with Crippen LogP contribution in [0.25, 0.3) is 6.08 Å². The van der Waals surface area contributed by atoms with Crippen LogP contribution in [0.2, 0.25) is 0 Å². The number of rotatable bonds is 7. The van der Waals surface area contributed by atoms with Gasteiger partial charge in [-0.2, -0.15) is 0 Å². The molecule has 0 N–H and O–H groups in total. The average Bonchev–Trinajstić information content (AvgIpc) is 3.31. The van der Waals surface area contributed by atoms with Gasteiger partial charge in [0.2, 0.25) is 0 Å². The Balaban J connectivity index is 1.92. The molecule has 0 aliphatic heterocycles. The van der Waals surface area contributed by atoms with Gasteiger partial charge in [0.1, 0.15) is 0 Å². The molecule has 0 saturated carbocycles. The van der Waals surface area contributed by atoms with Crippen molar-refractivity contribution in [2.75, 3.05) is 7.11 Å². The van der Waals surface area contributed by atoms with Crippen molar-refractivity contribution < 1.29 is 9.53 Å². The quantitative estimate of drug-likeness (QED) is 0.182. The molecule has 2 nitrogen and oxygen atoms in total. The number of benzene rings is 3. The van der Waals surface area contributed by atoms with Gasteiger partial charge in [0.25, 0.3) is 0 Å². The molecule has 0 aliphatic carbocycles. The van der Waals surface area contributed by atoms with E-state index in [4.69, 9.17) is 16.0 Å². The monoisotopic (exact) mass is 478 g/mol. The maximum atomic E-state index is 11.5. The fraction of sp³-hybridized carbons (Fsp3) is 0.0741. The van der Waals surface area contributed by atoms with E-state index in [1.54, 1.807) is 17.4 Å². The van der Waals surface area contributed by atoms with Crippen molar-refractivity contribution in [3.05, 3.63) is 119 Å². The Morgan fingerprint density at radius 2 is 1.34 bits per heavy atom. The predicted octanol–water partition coefficient (Wildman–Crippen LogP) is 6.12. The molecule has 0 radical (unpaired) electrons. The molecule has 5 heteroatoms. The van der Waals surface area contributed by atoms with Gasteiger partial charge in [0, 0.05) is 0 Å². The summed E-state index contributed by atoms with van der Waals surface area (Å²) in [5, 5.41) is 5.54. The molecule has 0 spiro atoms. The fourth-order valence-corrected chi connectivity index (χ4v) is 11.1. The molecule has 0 atom stereocenters. The summed E-state index contributed by atoms with van der Waals surface area (Å²) < 4.78 is 4.71. The first-order valence-electron chi connectivity index (χ1n) is 10.3. The van der Waals surface area contributed by atoms with Crippen molar-refractivity contribution in [1.29, 1.82) is 0 Å². The van der Waals surface area contributed by atoms with E-state index >= 15 is 0 Å². The van der Waals surface area contributed by atoms with Gasteiger partial charge in [0.05, 0.1) is 0 Å². The van der Waals surface area contributed by atoms with Crippen LogP contribution in [-0.2, 0) is 15.7 Å². The molecule has 1 heterocycles. The van der Waals surface area contributed by atoms with E-state index in [1.807, 2.05) is 18.2 Å². The van der Waals surface area contributed by atoms with Gasteiger partial charge in [-0.3, -0.25) is 0 Å². The van der Waals surface area contributed by atoms with E-state index in [2.05, 4.69) is 84.2 Å². The van der Waals surface area contributed by atoms with E-state index < -0.39 is 5.96 Å². The van der Waals surface area contributed by atoms with Gasteiger partial charge < -0.3 is 0 Å². The van der Waals surface area contributed by atoms with Crippen molar-refractivity contribution in [2.45, 2.75) is 6.16 Å². The Bertz CT molecular complexity index is 1120. The third-order valence-electron chi connectivity index (χ3n) is 5.62. The van der Waals surface area contributed by atoms with Crippen LogP contribution in [0, 0.1) is 0 Å². The number of hydrogen-bond acceptors (Lipinski definition) is 3. The molecule has 1 aromatic heterocycles. The van der Waals surface area contributed by atoms with Gasteiger partial charge in [-0.25, -0.2) is 0 Å². The summed E-state index contributed by atoms with van der Waals surface area (Å²) in [7, 11) is 1.38. The molecule has 0 bridgehead atoms. The van der Waals surface area contributed by atoms with Crippen LogP contribution in [0.1, 0.15) is 10.4 Å². The van der Waals surface area contributed by atoms with Crippen LogP contribution in [0.5, 0.6) is 0 Å². The van der Waals surface area contributed by atoms with Crippen molar-refractivity contribution in [3.63, 3.8) is 0 Å². The van der Waals surface area contributed by atoms with Crippen molar-refractivity contribution in [2.24, 2.45) is 0 Å². The molecule has 4 rings (SSSR count). The third-order valence-corrected chi connectivity index (χ3v) is 13.8. The van der Waals surface area contributed by atoms with Gasteiger partial charge in [0.15, 0.2) is 0 Å². The first kappa shape index (κ1) is 22.5. The minimum atomic E-state index is -3.36. The number of methoxy groups -OCH3 is 1. The van der Waals surface area contributed by atoms with E-state index in [9.17, 15) is 4.79 Å². The number of thiophene rings is 1. The second kappa shape index (κ2) is 9.42. The standard InChI is InChI=1S/C27H24ClO2PS/c1-30-27(29)18-17-26-19-22(21-32-26)20-31(28,23-11-5-2-6-12-23,24-13-7-3-8-14-24)25-15-9-4-10-16-25/h2-19,21H,20H2,1H3/b18-17+. The van der Waals surface area contributed by atoms with Crippen molar-refractivity contribution in [1.82, 2.24) is 0 Å². The van der Waals surface area contributed by atoms with Crippen molar-refractivity contribution in [3.8, 4) is 0 Å². The summed E-state index contributed by atoms with van der Waals surface area (Å²) >= 11 is 9.71. The van der Waals surface area contributed by atoms with E-state index in [0.717, 1.165) is 26.4 Å². The Hall–Kier alpha value is -2.71. The molecule has 0 fully saturated rings. The topological polar surface area (TPSA) is 26.3 Å². The number of hydrogen-bond donors (Lipinski definition) is 0. The van der Waals surface area contributed by atoms with E-state index in [-0.39, 0.29) is 5.97 Å². The van der Waals surface area contributed by atoms with Gasteiger partial charge in [-0.1, -0.05) is 0 Å². The van der Waals surface area contributed by atoms with Gasteiger partial charge in [-0.15, -0.1) is 0 Å². The summed E-state index contributed by atoms with van der Waals surface area (Å²) in [5.41, 5.74) is 1.14. The van der Waals surface area contributed by atoms with Crippen LogP contribution >= 0.6 is 28.5 Å². The molecule has 32 heavy (non-hydrogen) atoms. The normalized spacial score (nSPS) is 12.9. The number of esters is 1. The number of halogens is 1. The van der Waals surface area contributed by atoms with E-state index in [0.29, 0.717) is 6.16 Å². The predicted molar refractivity (Wildman–Crippen MR) is 140 cm³/mol. The van der Waals surface area contributed by atoms with Crippen LogP contribution < -0.4 is 15.9 Å². The Morgan fingerprint density at radius 1 is 0.875 bits per heavy atom. The van der Waals surface area contributed by atoms with Crippen LogP contribution in [0.3, 0.4) is 0 Å². The second-order valence-electron chi connectivity index (χ2n) is 7.56. The Kier molecular flexibility index (Phi) is 6.62. The molecule has 0 amide bonds. The number of carbonyl (C=O) groups excluding carboxylic acids is 1. The Morgan fingerprint density at radius 3 is 1.78 bits per heavy atom. The summed E-state index contributed by atoms with van der Waals surface area (Å²) in [6.45, 7) is 0. The molecule has 162 valence electrons. The summed E-state index contributed by atoms with van der Waals surface area (Å²) in [4.78, 5) is 12.5. The molecular formula is C27H24ClO2PS. The zero-order valence-corrected chi connectivity index (χ0v) is 20.2. The first-order chi connectivity index (χ1) is 15.5. The van der Waals surface area contributed by atoms with E-state index in [1.165, 1.54) is 13.2 Å². The number of carbonyl (C=O) groups is 1. The third kappa shape index (κ3) is 4.17. The van der Waals surface area contributed by atoms with Crippen molar-refractivity contribution >= 4 is 56.5 Å². The molecule has 0 unspecified atom stereocenters. The van der Waals surface area contributed by atoms with Crippen LogP contribution in [0.15, 0.2) is 109 Å². The SMILES string of the molecule is COC(=O)/C=C/c1cc(CP(Cl)(c2ccccc2)(c2ccccc2)c2ccccc2)cs1. The molecule has 0 aliphatic rings. The van der Waals surface area contributed by atoms with Gasteiger partial charge in [-0.05, 0) is 0 Å². The summed E-state index contributed by atoms with van der Waals surface area (Å²) in [5.74, 6) is -3.72. The fourth-order valence-electron chi connectivity index (χ4n) is 4.06. The summed E-state index contributed by atoms with van der Waals surface area (Å²) in [6.07, 6.45) is 3.91. The minimum absolute atomic E-state index is 0.366. The van der Waals surface area contributed by atoms with Gasteiger partial charge >= 0.3 is 198 Å². The second-order valence-corrected chi connectivity index (χ2v) is 15.0. The van der Waals surface area contributed by atoms with Crippen LogP contribution in [-0.4, -0.2) is 13.1 Å². The average molecular weight is 479 g/mol.